The second-order valence-corrected chi connectivity index (χ2v) is 7.75. The smallest absolute Gasteiger partial charge is 0.378 e. The number of aromatic nitrogens is 2. The van der Waals surface area contributed by atoms with Gasteiger partial charge in [-0.05, 0) is 31.0 Å². The standard InChI is InChI=1S/C20H21ClF3N5O2/c21-15-12-25-19(29-5-1-2-6-29)27-17(15)18(30)26-16-4-3-13(11-14(16)20(22,23)24)28-7-9-31-10-8-28/h3-4,11-12H,1-2,5-10H2,(H,26,30). The molecule has 31 heavy (non-hydrogen) atoms. The van der Waals surface area contributed by atoms with Crippen LogP contribution >= 0.6 is 11.6 Å². The molecule has 0 bridgehead atoms. The van der Waals surface area contributed by atoms with Crippen molar-refractivity contribution in [3.05, 3.63) is 40.7 Å². The molecule has 0 atom stereocenters. The average Bonchev–Trinajstić information content (AvgIpc) is 3.29. The summed E-state index contributed by atoms with van der Waals surface area (Å²) in [5, 5.41) is 2.30. The molecule has 4 rings (SSSR count). The number of nitrogens with one attached hydrogen (secondary N) is 1. The van der Waals surface area contributed by atoms with E-state index in [1.807, 2.05) is 9.80 Å². The highest BCUT2D eigenvalue weighted by Gasteiger charge is 2.35. The summed E-state index contributed by atoms with van der Waals surface area (Å²) in [6, 6.07) is 3.84. The highest BCUT2D eigenvalue weighted by atomic mass is 35.5. The first-order valence-corrected chi connectivity index (χ1v) is 10.3. The van der Waals surface area contributed by atoms with Crippen molar-refractivity contribution in [3.8, 4) is 0 Å². The van der Waals surface area contributed by atoms with Crippen LogP contribution in [0.4, 0.5) is 30.5 Å². The summed E-state index contributed by atoms with van der Waals surface area (Å²) in [5.41, 5.74) is -1.03. The van der Waals surface area contributed by atoms with E-state index >= 15 is 0 Å². The van der Waals surface area contributed by atoms with Crippen LogP contribution in [0.2, 0.25) is 5.02 Å². The number of morpholine rings is 1. The molecule has 1 aromatic carbocycles. The van der Waals surface area contributed by atoms with Crippen LogP contribution in [-0.2, 0) is 10.9 Å². The topological polar surface area (TPSA) is 70.6 Å². The monoisotopic (exact) mass is 455 g/mol. The van der Waals surface area contributed by atoms with Gasteiger partial charge in [-0.1, -0.05) is 11.6 Å². The summed E-state index contributed by atoms with van der Waals surface area (Å²) < 4.78 is 46.5. The molecule has 2 fully saturated rings. The Kier molecular flexibility index (Phi) is 6.19. The van der Waals surface area contributed by atoms with Gasteiger partial charge in [-0.2, -0.15) is 13.2 Å². The van der Waals surface area contributed by atoms with Crippen molar-refractivity contribution in [2.24, 2.45) is 0 Å². The molecule has 2 aliphatic rings. The number of benzene rings is 1. The SMILES string of the molecule is O=C(Nc1ccc(N2CCOCC2)cc1C(F)(F)F)c1nc(N2CCCC2)ncc1Cl. The van der Waals surface area contributed by atoms with Crippen LogP contribution in [-0.4, -0.2) is 55.3 Å². The lowest BCUT2D eigenvalue weighted by Crippen LogP contribution is -2.36. The maximum Gasteiger partial charge on any atom is 0.418 e. The molecule has 0 saturated carbocycles. The van der Waals surface area contributed by atoms with Crippen molar-refractivity contribution in [2.75, 3.05) is 54.5 Å². The quantitative estimate of drug-likeness (QED) is 0.755. The Morgan fingerprint density at radius 1 is 1.10 bits per heavy atom. The van der Waals surface area contributed by atoms with Crippen molar-refractivity contribution < 1.29 is 22.7 Å². The summed E-state index contributed by atoms with van der Waals surface area (Å²) in [4.78, 5) is 24.8. The van der Waals surface area contributed by atoms with Crippen LogP contribution in [0, 0.1) is 0 Å². The van der Waals surface area contributed by atoms with Crippen molar-refractivity contribution in [2.45, 2.75) is 19.0 Å². The van der Waals surface area contributed by atoms with Gasteiger partial charge in [0.05, 0.1) is 35.7 Å². The van der Waals surface area contributed by atoms with Crippen molar-refractivity contribution in [1.82, 2.24) is 9.97 Å². The second kappa shape index (κ2) is 8.88. The molecule has 0 spiro atoms. The highest BCUT2D eigenvalue weighted by molar-refractivity contribution is 6.34. The van der Waals surface area contributed by atoms with E-state index in [2.05, 4.69) is 15.3 Å². The predicted octanol–water partition coefficient (Wildman–Crippen LogP) is 3.84. The van der Waals surface area contributed by atoms with Crippen LogP contribution in [0.3, 0.4) is 0 Å². The summed E-state index contributed by atoms with van der Waals surface area (Å²) in [6.07, 6.45) is -1.39. The minimum absolute atomic E-state index is 0.0288. The maximum atomic E-state index is 13.7. The molecule has 2 aromatic rings. The maximum absolute atomic E-state index is 13.7. The molecular formula is C20H21ClF3N5O2. The number of amides is 1. The fourth-order valence-electron chi connectivity index (χ4n) is 3.66. The zero-order valence-corrected chi connectivity index (χ0v) is 17.3. The first-order valence-electron chi connectivity index (χ1n) is 9.96. The second-order valence-electron chi connectivity index (χ2n) is 7.34. The molecule has 7 nitrogen and oxygen atoms in total. The zero-order chi connectivity index (χ0) is 22.0. The van der Waals surface area contributed by atoms with E-state index in [4.69, 9.17) is 16.3 Å². The van der Waals surface area contributed by atoms with Crippen LogP contribution in [0.25, 0.3) is 0 Å². The first kappa shape index (κ1) is 21.6. The molecule has 1 amide bonds. The number of rotatable bonds is 4. The highest BCUT2D eigenvalue weighted by Crippen LogP contribution is 2.38. The lowest BCUT2D eigenvalue weighted by molar-refractivity contribution is -0.136. The van der Waals surface area contributed by atoms with Gasteiger partial charge in [0.25, 0.3) is 5.91 Å². The van der Waals surface area contributed by atoms with Crippen molar-refractivity contribution in [1.29, 1.82) is 0 Å². The van der Waals surface area contributed by atoms with Gasteiger partial charge in [0.15, 0.2) is 5.69 Å². The summed E-state index contributed by atoms with van der Waals surface area (Å²) in [7, 11) is 0. The van der Waals surface area contributed by atoms with Crippen molar-refractivity contribution >= 4 is 34.8 Å². The number of alkyl halides is 3. The van der Waals surface area contributed by atoms with Gasteiger partial charge in [0.1, 0.15) is 0 Å². The Bertz CT molecular complexity index is 960. The average molecular weight is 456 g/mol. The van der Waals surface area contributed by atoms with Gasteiger partial charge in [-0.3, -0.25) is 4.79 Å². The van der Waals surface area contributed by atoms with Crippen molar-refractivity contribution in [3.63, 3.8) is 0 Å². The number of halogens is 4. The molecule has 0 radical (unpaired) electrons. The third-order valence-corrected chi connectivity index (χ3v) is 5.54. The van der Waals surface area contributed by atoms with Gasteiger partial charge in [-0.25, -0.2) is 9.97 Å². The summed E-state index contributed by atoms with van der Waals surface area (Å²) >= 11 is 6.08. The Balaban J connectivity index is 1.61. The fourth-order valence-corrected chi connectivity index (χ4v) is 3.84. The van der Waals surface area contributed by atoms with E-state index in [-0.39, 0.29) is 16.4 Å². The minimum atomic E-state index is -4.65. The van der Waals surface area contributed by atoms with Crippen LogP contribution in [0.5, 0.6) is 0 Å². The Morgan fingerprint density at radius 2 is 1.81 bits per heavy atom. The van der Waals surface area contributed by atoms with Gasteiger partial charge in [0, 0.05) is 31.9 Å². The molecule has 1 N–H and O–H groups in total. The van der Waals surface area contributed by atoms with E-state index in [1.165, 1.54) is 12.3 Å². The van der Waals surface area contributed by atoms with E-state index in [0.29, 0.717) is 37.9 Å². The third kappa shape index (κ3) is 4.85. The van der Waals surface area contributed by atoms with E-state index in [0.717, 1.165) is 32.0 Å². The number of nitrogens with zero attached hydrogens (tertiary/aromatic N) is 4. The zero-order valence-electron chi connectivity index (χ0n) is 16.6. The molecule has 0 unspecified atom stereocenters. The Morgan fingerprint density at radius 3 is 2.48 bits per heavy atom. The Hall–Kier alpha value is -2.59. The molecule has 3 heterocycles. The number of carbonyl (C=O) groups excluding carboxylic acids is 1. The van der Waals surface area contributed by atoms with Gasteiger partial charge in [-0.15, -0.1) is 0 Å². The predicted molar refractivity (Wildman–Crippen MR) is 111 cm³/mol. The number of hydrogen-bond donors (Lipinski definition) is 1. The number of carbonyl (C=O) groups is 1. The molecule has 1 aromatic heterocycles. The van der Waals surface area contributed by atoms with E-state index in [1.54, 1.807) is 6.07 Å². The third-order valence-electron chi connectivity index (χ3n) is 5.27. The molecule has 2 saturated heterocycles. The molecule has 166 valence electrons. The number of ether oxygens (including phenoxy) is 1. The lowest BCUT2D eigenvalue weighted by atomic mass is 10.1. The molecule has 11 heteroatoms. The molecular weight excluding hydrogens is 435 g/mol. The minimum Gasteiger partial charge on any atom is -0.378 e. The Labute approximate surface area is 182 Å². The lowest BCUT2D eigenvalue weighted by Gasteiger charge is -2.29. The van der Waals surface area contributed by atoms with E-state index < -0.39 is 17.6 Å². The van der Waals surface area contributed by atoms with Crippen LogP contribution in [0.1, 0.15) is 28.9 Å². The summed E-state index contributed by atoms with van der Waals surface area (Å²) in [5.74, 6) is -0.483. The van der Waals surface area contributed by atoms with Crippen LogP contribution < -0.4 is 15.1 Å². The van der Waals surface area contributed by atoms with Gasteiger partial charge in [0.2, 0.25) is 5.95 Å². The molecule has 2 aliphatic heterocycles. The summed E-state index contributed by atoms with van der Waals surface area (Å²) in [6.45, 7) is 3.41. The van der Waals surface area contributed by atoms with Gasteiger partial charge >= 0.3 is 6.18 Å². The van der Waals surface area contributed by atoms with Crippen LogP contribution in [0.15, 0.2) is 24.4 Å². The fraction of sp³-hybridized carbons (Fsp3) is 0.450. The van der Waals surface area contributed by atoms with E-state index in [9.17, 15) is 18.0 Å². The molecule has 0 aliphatic carbocycles. The number of hydrogen-bond acceptors (Lipinski definition) is 6. The number of anilines is 3. The largest absolute Gasteiger partial charge is 0.418 e. The normalized spacial score (nSPS) is 17.2. The first-order chi connectivity index (χ1) is 14.8. The van der Waals surface area contributed by atoms with Gasteiger partial charge < -0.3 is 19.9 Å².